The Hall–Kier alpha value is -2.20. The Labute approximate surface area is 152 Å². The lowest BCUT2D eigenvalue weighted by molar-refractivity contribution is 0.0801. The molecule has 1 aromatic heterocycles. The molecule has 2 aliphatic carbocycles. The number of aromatic amines is 1. The lowest BCUT2D eigenvalue weighted by Gasteiger charge is -2.56. The summed E-state index contributed by atoms with van der Waals surface area (Å²) in [5.74, 6) is 1.32. The first kappa shape index (κ1) is 14.9. The van der Waals surface area contributed by atoms with Crippen LogP contribution in [0.1, 0.15) is 43.2 Å². The van der Waals surface area contributed by atoms with Gasteiger partial charge >= 0.3 is 0 Å². The second-order valence-corrected chi connectivity index (χ2v) is 8.55. The molecule has 0 unspecified atom stereocenters. The zero-order chi connectivity index (χ0) is 17.5. The third-order valence-corrected chi connectivity index (χ3v) is 7.47. The predicted octanol–water partition coefficient (Wildman–Crippen LogP) is 4.08. The van der Waals surface area contributed by atoms with Crippen LogP contribution in [0.25, 0.3) is 21.8 Å². The molecule has 0 amide bonds. The highest BCUT2D eigenvalue weighted by atomic mass is 16.3. The number of fused-ring (bicyclic) bond motifs is 5. The van der Waals surface area contributed by atoms with E-state index < -0.39 is 0 Å². The summed E-state index contributed by atoms with van der Waals surface area (Å²) in [7, 11) is 0. The topological polar surface area (TPSA) is 68.3 Å². The number of aromatic hydroxyl groups is 2. The lowest BCUT2D eigenvalue weighted by atomic mass is 9.52. The average Bonchev–Trinajstić information content (AvgIpc) is 3.02. The first-order chi connectivity index (χ1) is 12.7. The Morgan fingerprint density at radius 2 is 2.00 bits per heavy atom. The fourth-order valence-electron chi connectivity index (χ4n) is 6.46. The molecule has 6 rings (SSSR count). The highest BCUT2D eigenvalue weighted by molar-refractivity contribution is 6.12. The number of nitrogens with one attached hydrogen (secondary N) is 2. The minimum Gasteiger partial charge on any atom is -0.508 e. The lowest BCUT2D eigenvalue weighted by Crippen LogP contribution is -2.59. The van der Waals surface area contributed by atoms with Crippen LogP contribution in [0.15, 0.2) is 24.3 Å². The van der Waals surface area contributed by atoms with Crippen molar-refractivity contribution < 1.29 is 10.2 Å². The van der Waals surface area contributed by atoms with Gasteiger partial charge in [0.05, 0.1) is 5.52 Å². The molecule has 4 nitrogen and oxygen atoms in total. The number of aromatic nitrogens is 1. The highest BCUT2D eigenvalue weighted by Gasteiger charge is 2.52. The van der Waals surface area contributed by atoms with E-state index >= 15 is 0 Å². The first-order valence-corrected chi connectivity index (χ1v) is 9.90. The number of phenols is 2. The Balaban J connectivity index is 1.73. The van der Waals surface area contributed by atoms with Crippen molar-refractivity contribution in [2.75, 3.05) is 6.54 Å². The van der Waals surface area contributed by atoms with Crippen LogP contribution in [0.2, 0.25) is 0 Å². The normalized spacial score (nSPS) is 30.3. The molecule has 3 aliphatic rings. The van der Waals surface area contributed by atoms with Gasteiger partial charge in [-0.2, -0.15) is 0 Å². The quantitative estimate of drug-likeness (QED) is 0.495. The van der Waals surface area contributed by atoms with Crippen molar-refractivity contribution in [3.63, 3.8) is 0 Å². The summed E-state index contributed by atoms with van der Waals surface area (Å²) in [5.41, 5.74) is 4.77. The van der Waals surface area contributed by atoms with Gasteiger partial charge in [0, 0.05) is 27.7 Å². The molecular weight excluding hydrogens is 324 g/mol. The summed E-state index contributed by atoms with van der Waals surface area (Å²) in [6.07, 6.45) is 7.33. The van der Waals surface area contributed by atoms with Crippen LogP contribution in [0.5, 0.6) is 11.5 Å². The third-order valence-electron chi connectivity index (χ3n) is 7.47. The van der Waals surface area contributed by atoms with E-state index in [2.05, 4.69) is 16.4 Å². The van der Waals surface area contributed by atoms with Crippen molar-refractivity contribution in [3.8, 4) is 11.5 Å². The van der Waals surface area contributed by atoms with Crippen LogP contribution in [0.3, 0.4) is 0 Å². The zero-order valence-corrected chi connectivity index (χ0v) is 14.8. The number of phenolic OH excluding ortho intramolecular Hbond substituents is 2. The van der Waals surface area contributed by atoms with E-state index in [-0.39, 0.29) is 11.2 Å². The van der Waals surface area contributed by atoms with E-state index in [1.54, 1.807) is 6.07 Å². The standard InChI is InChI=1S/C22H24N2O2/c25-12-4-5-17-14(9-12)20-13-10-18-15-3-1-2-6-22(15,7-8-23-18)16(13)11-19(26)21(20)24-17/h4-5,9,11,15,18,23-26H,1-3,6-8,10H2/t15-,18+,22+/m1/s1. The molecule has 4 heteroatoms. The molecule has 2 bridgehead atoms. The van der Waals surface area contributed by atoms with Gasteiger partial charge < -0.3 is 20.5 Å². The summed E-state index contributed by atoms with van der Waals surface area (Å²) in [4.78, 5) is 3.38. The molecule has 134 valence electrons. The Bertz CT molecular complexity index is 1050. The van der Waals surface area contributed by atoms with E-state index in [0.29, 0.717) is 17.7 Å². The molecule has 26 heavy (non-hydrogen) atoms. The third kappa shape index (κ3) is 1.73. The minimum atomic E-state index is 0.216. The number of piperidine rings is 1. The number of rotatable bonds is 0. The van der Waals surface area contributed by atoms with E-state index in [1.165, 1.54) is 43.2 Å². The molecule has 2 fully saturated rings. The van der Waals surface area contributed by atoms with Crippen molar-refractivity contribution >= 4 is 21.8 Å². The summed E-state index contributed by atoms with van der Waals surface area (Å²) >= 11 is 0. The molecule has 3 aromatic rings. The second-order valence-electron chi connectivity index (χ2n) is 8.55. The fourth-order valence-corrected chi connectivity index (χ4v) is 6.46. The van der Waals surface area contributed by atoms with Crippen LogP contribution < -0.4 is 5.32 Å². The molecule has 0 radical (unpaired) electrons. The van der Waals surface area contributed by atoms with Gasteiger partial charge in [-0.25, -0.2) is 0 Å². The van der Waals surface area contributed by atoms with Gasteiger partial charge in [0.15, 0.2) is 0 Å². The molecular formula is C22H24N2O2. The van der Waals surface area contributed by atoms with E-state index in [1.807, 2.05) is 12.1 Å². The highest BCUT2D eigenvalue weighted by Crippen LogP contribution is 2.56. The molecule has 1 saturated carbocycles. The molecule has 2 aromatic carbocycles. The maximum Gasteiger partial charge on any atom is 0.139 e. The van der Waals surface area contributed by atoms with Crippen molar-refractivity contribution in [1.82, 2.24) is 10.3 Å². The summed E-state index contributed by atoms with van der Waals surface area (Å²) in [5, 5.41) is 26.8. The summed E-state index contributed by atoms with van der Waals surface area (Å²) in [6, 6.07) is 8.04. The second kappa shape index (κ2) is 4.95. The van der Waals surface area contributed by atoms with Gasteiger partial charge in [0.2, 0.25) is 0 Å². The van der Waals surface area contributed by atoms with E-state index in [0.717, 1.165) is 34.8 Å². The first-order valence-electron chi connectivity index (χ1n) is 9.90. The number of hydrogen-bond acceptors (Lipinski definition) is 3. The maximum atomic E-state index is 10.9. The predicted molar refractivity (Wildman–Crippen MR) is 103 cm³/mol. The van der Waals surface area contributed by atoms with Gasteiger partial charge in [0.25, 0.3) is 0 Å². The van der Waals surface area contributed by atoms with Crippen molar-refractivity contribution in [1.29, 1.82) is 0 Å². The zero-order valence-electron chi connectivity index (χ0n) is 14.8. The van der Waals surface area contributed by atoms with Crippen molar-refractivity contribution in [2.45, 2.75) is 50.0 Å². The van der Waals surface area contributed by atoms with Crippen LogP contribution in [0.4, 0.5) is 0 Å². The van der Waals surface area contributed by atoms with Gasteiger partial charge in [-0.05, 0) is 73.5 Å². The molecule has 3 atom stereocenters. The minimum absolute atomic E-state index is 0.216. The maximum absolute atomic E-state index is 10.9. The Morgan fingerprint density at radius 3 is 2.92 bits per heavy atom. The molecule has 2 heterocycles. The van der Waals surface area contributed by atoms with E-state index in [4.69, 9.17) is 0 Å². The molecule has 1 aliphatic heterocycles. The van der Waals surface area contributed by atoms with Crippen LogP contribution in [-0.2, 0) is 11.8 Å². The van der Waals surface area contributed by atoms with Gasteiger partial charge in [-0.15, -0.1) is 0 Å². The van der Waals surface area contributed by atoms with Crippen molar-refractivity contribution in [3.05, 3.63) is 35.4 Å². The van der Waals surface area contributed by atoms with Crippen LogP contribution >= 0.6 is 0 Å². The summed E-state index contributed by atoms with van der Waals surface area (Å²) < 4.78 is 0. The van der Waals surface area contributed by atoms with Crippen LogP contribution in [-0.4, -0.2) is 27.8 Å². The van der Waals surface area contributed by atoms with Gasteiger partial charge in [0.1, 0.15) is 11.5 Å². The smallest absolute Gasteiger partial charge is 0.139 e. The SMILES string of the molecule is Oc1ccc2[nH]c3c(O)cc4c(c3c2c1)C[C@@H]1NCC[C@]42CCCC[C@H]12. The Morgan fingerprint density at radius 1 is 1.08 bits per heavy atom. The average molecular weight is 348 g/mol. The number of hydrogen-bond donors (Lipinski definition) is 4. The number of benzene rings is 2. The fraction of sp³-hybridized carbons (Fsp3) is 0.455. The Kier molecular flexibility index (Phi) is 2.84. The largest absolute Gasteiger partial charge is 0.508 e. The summed E-state index contributed by atoms with van der Waals surface area (Å²) in [6.45, 7) is 1.08. The molecule has 4 N–H and O–H groups in total. The number of H-pyrrole nitrogens is 1. The molecule has 0 spiro atoms. The monoisotopic (exact) mass is 348 g/mol. The molecule has 1 saturated heterocycles. The van der Waals surface area contributed by atoms with E-state index in [9.17, 15) is 10.2 Å². The van der Waals surface area contributed by atoms with Gasteiger partial charge in [-0.1, -0.05) is 12.8 Å². The van der Waals surface area contributed by atoms with Gasteiger partial charge in [-0.3, -0.25) is 0 Å². The van der Waals surface area contributed by atoms with Crippen molar-refractivity contribution in [2.24, 2.45) is 5.92 Å². The van der Waals surface area contributed by atoms with Crippen LogP contribution in [0, 0.1) is 5.92 Å².